The number of non-ortho nitro benzene ring substituents is 1. The number of carbonyl (C=O) groups is 2. The summed E-state index contributed by atoms with van der Waals surface area (Å²) in [5.41, 5.74) is 2.27. The summed E-state index contributed by atoms with van der Waals surface area (Å²) < 4.78 is 5.93. The Morgan fingerprint density at radius 2 is 1.83 bits per heavy atom. The fourth-order valence-electron chi connectivity index (χ4n) is 3.21. The van der Waals surface area contributed by atoms with E-state index in [9.17, 15) is 19.7 Å². The van der Waals surface area contributed by atoms with Gasteiger partial charge in [0.1, 0.15) is 5.75 Å². The van der Waals surface area contributed by atoms with Crippen LogP contribution in [0.3, 0.4) is 0 Å². The normalized spacial score (nSPS) is 12.3. The van der Waals surface area contributed by atoms with Crippen LogP contribution in [-0.4, -0.2) is 23.8 Å². The molecule has 0 aliphatic carbocycles. The molecular weight excluding hydrogens is 386 g/mol. The summed E-state index contributed by atoms with van der Waals surface area (Å²) in [4.78, 5) is 37.4. The van der Waals surface area contributed by atoms with E-state index in [1.165, 1.54) is 35.2 Å². The molecule has 0 spiro atoms. The summed E-state index contributed by atoms with van der Waals surface area (Å²) in [6.45, 7) is 1.93. The fraction of sp³-hybridized carbons (Fsp3) is 0.0909. The van der Waals surface area contributed by atoms with Crippen molar-refractivity contribution in [2.75, 3.05) is 17.3 Å². The van der Waals surface area contributed by atoms with E-state index in [0.717, 1.165) is 5.56 Å². The summed E-state index contributed by atoms with van der Waals surface area (Å²) in [6.07, 6.45) is 0. The molecular formula is C22H17N3O5. The first-order chi connectivity index (χ1) is 14.3. The van der Waals surface area contributed by atoms with Gasteiger partial charge in [-0.1, -0.05) is 12.1 Å². The number of nitrogens with zero attached hydrogens (tertiary/aromatic N) is 2. The number of benzene rings is 3. The van der Waals surface area contributed by atoms with E-state index in [1.54, 1.807) is 19.2 Å². The maximum absolute atomic E-state index is 13.0. The molecule has 1 heterocycles. The number of nitrogens with one attached hydrogen (secondary N) is 1. The van der Waals surface area contributed by atoms with Crippen molar-refractivity contribution >= 4 is 28.9 Å². The summed E-state index contributed by atoms with van der Waals surface area (Å²) in [5.74, 6) is 0.139. The Balaban J connectivity index is 1.64. The third-order valence-corrected chi connectivity index (χ3v) is 4.79. The van der Waals surface area contributed by atoms with Crippen molar-refractivity contribution in [3.05, 3.63) is 87.5 Å². The molecule has 0 unspecified atom stereocenters. The fourth-order valence-corrected chi connectivity index (χ4v) is 3.21. The Hall–Kier alpha value is -4.20. The number of carbonyl (C=O) groups excluding carboxylic acids is 2. The van der Waals surface area contributed by atoms with Gasteiger partial charge in [-0.2, -0.15) is 0 Å². The van der Waals surface area contributed by atoms with Gasteiger partial charge in [0.05, 0.1) is 16.2 Å². The minimum atomic E-state index is -0.565. The minimum absolute atomic E-state index is 0.140. The number of anilines is 2. The second-order valence-electron chi connectivity index (χ2n) is 6.91. The minimum Gasteiger partial charge on any atom is -0.454 e. The predicted octanol–water partition coefficient (Wildman–Crippen LogP) is 4.54. The van der Waals surface area contributed by atoms with Crippen LogP contribution in [0.25, 0.3) is 0 Å². The van der Waals surface area contributed by atoms with Gasteiger partial charge in [-0.15, -0.1) is 0 Å². The zero-order chi connectivity index (χ0) is 21.4. The first kappa shape index (κ1) is 19.1. The molecule has 3 aromatic rings. The van der Waals surface area contributed by atoms with Crippen LogP contribution in [0.5, 0.6) is 11.5 Å². The molecule has 8 heteroatoms. The standard InChI is InChI=1S/C22H17N3O5/c1-13-6-8-20-18(10-13)24(2)22(27)17-12-15(7-9-19(17)30-20)23-21(26)14-4-3-5-16(11-14)25(28)29/h3-12H,1-2H3,(H,23,26). The predicted molar refractivity (Wildman–Crippen MR) is 111 cm³/mol. The SMILES string of the molecule is Cc1ccc2c(c1)N(C)C(=O)c1cc(NC(=O)c3cccc([N+](=O)[O-])c3)ccc1O2. The maximum Gasteiger partial charge on any atom is 0.270 e. The van der Waals surface area contributed by atoms with Crippen LogP contribution in [-0.2, 0) is 0 Å². The second kappa shape index (κ2) is 7.32. The Morgan fingerprint density at radius 1 is 1.07 bits per heavy atom. The molecule has 30 heavy (non-hydrogen) atoms. The Bertz CT molecular complexity index is 1210. The van der Waals surface area contributed by atoms with Crippen molar-refractivity contribution < 1.29 is 19.2 Å². The lowest BCUT2D eigenvalue weighted by Crippen LogP contribution is -2.25. The number of amides is 2. The largest absolute Gasteiger partial charge is 0.454 e. The number of ether oxygens (including phenoxy) is 1. The number of rotatable bonds is 3. The van der Waals surface area contributed by atoms with Crippen LogP contribution in [0, 0.1) is 17.0 Å². The van der Waals surface area contributed by atoms with Crippen molar-refractivity contribution in [1.29, 1.82) is 0 Å². The monoisotopic (exact) mass is 403 g/mol. The Morgan fingerprint density at radius 3 is 2.60 bits per heavy atom. The molecule has 1 aliphatic heterocycles. The molecule has 8 nitrogen and oxygen atoms in total. The number of aryl methyl sites for hydroxylation is 1. The van der Waals surface area contributed by atoms with Gasteiger partial charge in [-0.3, -0.25) is 19.7 Å². The highest BCUT2D eigenvalue weighted by molar-refractivity contribution is 6.11. The van der Waals surface area contributed by atoms with Crippen molar-refractivity contribution in [2.45, 2.75) is 6.92 Å². The average molecular weight is 403 g/mol. The highest BCUT2D eigenvalue weighted by atomic mass is 16.6. The van der Waals surface area contributed by atoms with E-state index in [1.807, 2.05) is 25.1 Å². The number of fused-ring (bicyclic) bond motifs is 2. The summed E-state index contributed by atoms with van der Waals surface area (Å²) in [7, 11) is 1.66. The lowest BCUT2D eigenvalue weighted by Gasteiger charge is -2.16. The van der Waals surface area contributed by atoms with E-state index in [-0.39, 0.29) is 17.2 Å². The molecule has 2 amide bonds. The Kier molecular flexibility index (Phi) is 4.67. The number of nitro benzene ring substituents is 1. The number of nitro groups is 1. The van der Waals surface area contributed by atoms with Gasteiger partial charge >= 0.3 is 0 Å². The van der Waals surface area contributed by atoms with Crippen molar-refractivity contribution in [1.82, 2.24) is 0 Å². The highest BCUT2D eigenvalue weighted by Crippen LogP contribution is 2.39. The van der Waals surface area contributed by atoms with Gasteiger partial charge < -0.3 is 15.0 Å². The lowest BCUT2D eigenvalue weighted by molar-refractivity contribution is -0.384. The first-order valence-corrected chi connectivity index (χ1v) is 9.10. The molecule has 150 valence electrons. The molecule has 0 radical (unpaired) electrons. The van der Waals surface area contributed by atoms with Crippen LogP contribution in [0.2, 0.25) is 0 Å². The van der Waals surface area contributed by atoms with Crippen molar-refractivity contribution in [3.63, 3.8) is 0 Å². The molecule has 0 saturated heterocycles. The van der Waals surface area contributed by atoms with Gasteiger partial charge in [0, 0.05) is 30.4 Å². The molecule has 3 aromatic carbocycles. The van der Waals surface area contributed by atoms with E-state index in [0.29, 0.717) is 28.4 Å². The van der Waals surface area contributed by atoms with Crippen LogP contribution in [0.4, 0.5) is 17.1 Å². The molecule has 1 aliphatic rings. The van der Waals surface area contributed by atoms with Crippen molar-refractivity contribution in [3.8, 4) is 11.5 Å². The van der Waals surface area contributed by atoms with Gasteiger partial charge in [-0.05, 0) is 48.9 Å². The quantitative estimate of drug-likeness (QED) is 0.511. The lowest BCUT2D eigenvalue weighted by atomic mass is 10.1. The zero-order valence-corrected chi connectivity index (χ0v) is 16.2. The number of hydrogen-bond donors (Lipinski definition) is 1. The third-order valence-electron chi connectivity index (χ3n) is 4.79. The van der Waals surface area contributed by atoms with Crippen LogP contribution < -0.4 is 15.0 Å². The zero-order valence-electron chi connectivity index (χ0n) is 16.2. The molecule has 0 atom stereocenters. The summed E-state index contributed by atoms with van der Waals surface area (Å²) in [5, 5.41) is 13.6. The maximum atomic E-state index is 13.0. The Labute approximate surface area is 171 Å². The van der Waals surface area contributed by atoms with E-state index >= 15 is 0 Å². The molecule has 0 aromatic heterocycles. The molecule has 0 saturated carbocycles. The van der Waals surface area contributed by atoms with Crippen LogP contribution >= 0.6 is 0 Å². The van der Waals surface area contributed by atoms with E-state index in [4.69, 9.17) is 4.74 Å². The summed E-state index contributed by atoms with van der Waals surface area (Å²) >= 11 is 0. The molecule has 4 rings (SSSR count). The van der Waals surface area contributed by atoms with Gasteiger partial charge in [0.15, 0.2) is 5.75 Å². The van der Waals surface area contributed by atoms with Gasteiger partial charge in [0.2, 0.25) is 0 Å². The van der Waals surface area contributed by atoms with Crippen molar-refractivity contribution in [2.24, 2.45) is 0 Å². The van der Waals surface area contributed by atoms with Gasteiger partial charge in [0.25, 0.3) is 17.5 Å². The average Bonchev–Trinajstić information content (AvgIpc) is 2.83. The second-order valence-corrected chi connectivity index (χ2v) is 6.91. The molecule has 0 fully saturated rings. The van der Waals surface area contributed by atoms with Crippen LogP contribution in [0.15, 0.2) is 60.7 Å². The molecule has 0 bridgehead atoms. The third kappa shape index (κ3) is 3.46. The first-order valence-electron chi connectivity index (χ1n) is 9.10. The topological polar surface area (TPSA) is 102 Å². The highest BCUT2D eigenvalue weighted by Gasteiger charge is 2.26. The number of hydrogen-bond acceptors (Lipinski definition) is 5. The summed E-state index contributed by atoms with van der Waals surface area (Å²) in [6, 6.07) is 15.7. The van der Waals surface area contributed by atoms with Crippen LogP contribution in [0.1, 0.15) is 26.3 Å². The van der Waals surface area contributed by atoms with Gasteiger partial charge in [-0.25, -0.2) is 0 Å². The molecule has 1 N–H and O–H groups in total. The smallest absolute Gasteiger partial charge is 0.270 e. The van der Waals surface area contributed by atoms with E-state index < -0.39 is 10.8 Å². The van der Waals surface area contributed by atoms with E-state index in [2.05, 4.69) is 5.32 Å².